The van der Waals surface area contributed by atoms with Crippen molar-refractivity contribution >= 4 is 23.4 Å². The third-order valence-electron chi connectivity index (χ3n) is 5.22. The first kappa shape index (κ1) is 21.2. The van der Waals surface area contributed by atoms with Crippen LogP contribution in [0.3, 0.4) is 0 Å². The number of amides is 1. The van der Waals surface area contributed by atoms with Crippen LogP contribution in [-0.2, 0) is 11.2 Å². The summed E-state index contributed by atoms with van der Waals surface area (Å²) in [6.07, 6.45) is 0.628. The van der Waals surface area contributed by atoms with Gasteiger partial charge in [-0.2, -0.15) is 4.98 Å². The lowest BCUT2D eigenvalue weighted by atomic mass is 10.0. The Labute approximate surface area is 195 Å². The summed E-state index contributed by atoms with van der Waals surface area (Å²) in [7, 11) is 0. The van der Waals surface area contributed by atoms with Gasteiger partial charge in [0.15, 0.2) is 5.82 Å². The third-order valence-corrected chi connectivity index (χ3v) is 6.24. The van der Waals surface area contributed by atoms with Crippen LogP contribution in [-0.4, -0.2) is 21.6 Å². The van der Waals surface area contributed by atoms with Gasteiger partial charge in [-0.15, -0.1) is 0 Å². The number of carbonyl (C=O) groups excluding carboxylic acids is 1. The van der Waals surface area contributed by atoms with Crippen LogP contribution >= 0.6 is 11.8 Å². The second-order valence-corrected chi connectivity index (χ2v) is 8.70. The zero-order valence-corrected chi connectivity index (χ0v) is 18.7. The predicted octanol–water partition coefficient (Wildman–Crippen LogP) is 6.02. The third kappa shape index (κ3) is 4.73. The number of hydrogen-bond acceptors (Lipinski definition) is 5. The maximum Gasteiger partial charge on any atom is 0.234 e. The normalized spacial score (nSPS) is 11.8. The summed E-state index contributed by atoms with van der Waals surface area (Å²) in [6.45, 7) is 2.04. The van der Waals surface area contributed by atoms with Gasteiger partial charge in [-0.25, -0.2) is 9.37 Å². The molecular weight excluding hydrogens is 437 g/mol. The highest BCUT2D eigenvalue weighted by Gasteiger charge is 2.24. The van der Waals surface area contributed by atoms with Crippen LogP contribution in [0.4, 0.5) is 10.1 Å². The minimum absolute atomic E-state index is 0.149. The van der Waals surface area contributed by atoms with Crippen LogP contribution in [0.25, 0.3) is 11.4 Å². The summed E-state index contributed by atoms with van der Waals surface area (Å²) in [5, 5.41) is 3.50. The van der Waals surface area contributed by atoms with Gasteiger partial charge in [0.1, 0.15) is 16.6 Å². The van der Waals surface area contributed by atoms with Crippen molar-refractivity contribution in [1.29, 1.82) is 0 Å². The van der Waals surface area contributed by atoms with Gasteiger partial charge in [0.25, 0.3) is 0 Å². The molecule has 1 aromatic heterocycles. The van der Waals surface area contributed by atoms with E-state index in [0.717, 1.165) is 28.0 Å². The number of thioether (sulfide) groups is 1. The van der Waals surface area contributed by atoms with E-state index >= 15 is 0 Å². The molecule has 0 saturated heterocycles. The van der Waals surface area contributed by atoms with Gasteiger partial charge in [0.2, 0.25) is 11.8 Å². The molecule has 5 nitrogen and oxygen atoms in total. The van der Waals surface area contributed by atoms with Crippen molar-refractivity contribution in [3.8, 4) is 23.0 Å². The Bertz CT molecular complexity index is 1330. The number of nitrogens with one attached hydrogen (secondary N) is 1. The number of aromatic nitrogens is 2. The molecule has 0 atom stereocenters. The summed E-state index contributed by atoms with van der Waals surface area (Å²) < 4.78 is 19.3. The average molecular weight is 458 g/mol. The Hall–Kier alpha value is -3.71. The molecule has 1 N–H and O–H groups in total. The van der Waals surface area contributed by atoms with Crippen molar-refractivity contribution in [2.75, 3.05) is 11.1 Å². The molecule has 1 amide bonds. The van der Waals surface area contributed by atoms with E-state index in [-0.39, 0.29) is 17.5 Å². The lowest BCUT2D eigenvalue weighted by molar-refractivity contribution is -0.113. The Balaban J connectivity index is 1.44. The van der Waals surface area contributed by atoms with E-state index < -0.39 is 0 Å². The number of aryl methyl sites for hydroxylation is 1. The molecule has 4 aromatic rings. The lowest BCUT2D eigenvalue weighted by Gasteiger charge is -2.22. The van der Waals surface area contributed by atoms with Crippen LogP contribution in [0.15, 0.2) is 77.8 Å². The molecule has 0 bridgehead atoms. The van der Waals surface area contributed by atoms with E-state index in [4.69, 9.17) is 9.72 Å². The number of rotatable bonds is 5. The number of hydrogen-bond donors (Lipinski definition) is 1. The van der Waals surface area contributed by atoms with Crippen LogP contribution in [0.2, 0.25) is 0 Å². The van der Waals surface area contributed by atoms with E-state index in [2.05, 4.69) is 16.4 Å². The number of anilines is 1. The van der Waals surface area contributed by atoms with Gasteiger partial charge in [0, 0.05) is 17.7 Å². The number of fused-ring (bicyclic) bond motifs is 2. The van der Waals surface area contributed by atoms with Crippen LogP contribution in [0.5, 0.6) is 11.6 Å². The number of nitrogens with zero attached hydrogens (tertiary/aromatic N) is 2. The van der Waals surface area contributed by atoms with Crippen molar-refractivity contribution in [2.45, 2.75) is 18.4 Å². The van der Waals surface area contributed by atoms with Crippen molar-refractivity contribution in [3.05, 3.63) is 95.3 Å². The first-order chi connectivity index (χ1) is 16.0. The Morgan fingerprint density at radius 3 is 2.64 bits per heavy atom. The van der Waals surface area contributed by atoms with Crippen LogP contribution in [0, 0.1) is 12.7 Å². The standard InChI is InChI=1S/C26H20FN3O2S/c1-16-7-12-22-18(13-16)14-21-25(32-22)29-24(17-5-3-2-4-6-17)30-26(21)33-15-23(31)28-20-10-8-19(27)9-11-20/h2-13H,14-15H2,1H3,(H,28,31). The van der Waals surface area contributed by atoms with Gasteiger partial charge >= 0.3 is 0 Å². The molecule has 3 aromatic carbocycles. The maximum atomic E-state index is 13.1. The Morgan fingerprint density at radius 1 is 1.06 bits per heavy atom. The average Bonchev–Trinajstić information content (AvgIpc) is 2.83. The van der Waals surface area contributed by atoms with Gasteiger partial charge < -0.3 is 10.1 Å². The van der Waals surface area contributed by atoms with Crippen LogP contribution in [0.1, 0.15) is 16.7 Å². The second kappa shape index (κ2) is 9.03. The molecule has 2 heterocycles. The molecule has 7 heteroatoms. The zero-order valence-electron chi connectivity index (χ0n) is 17.8. The molecule has 0 radical (unpaired) electrons. The number of carbonyl (C=O) groups is 1. The second-order valence-electron chi connectivity index (χ2n) is 7.74. The first-order valence-electron chi connectivity index (χ1n) is 10.5. The van der Waals surface area contributed by atoms with Gasteiger partial charge in [-0.3, -0.25) is 4.79 Å². The van der Waals surface area contributed by atoms with Gasteiger partial charge in [0.05, 0.1) is 11.3 Å². The topological polar surface area (TPSA) is 64.1 Å². The summed E-state index contributed by atoms with van der Waals surface area (Å²) in [5.74, 6) is 1.45. The predicted molar refractivity (Wildman–Crippen MR) is 127 cm³/mol. The van der Waals surface area contributed by atoms with Gasteiger partial charge in [-0.1, -0.05) is 59.8 Å². The monoisotopic (exact) mass is 457 g/mol. The molecule has 0 aliphatic carbocycles. The van der Waals surface area contributed by atoms with E-state index in [1.54, 1.807) is 0 Å². The molecule has 1 aliphatic rings. The maximum absolute atomic E-state index is 13.1. The fourth-order valence-corrected chi connectivity index (χ4v) is 4.44. The minimum atomic E-state index is -0.348. The first-order valence-corrected chi connectivity index (χ1v) is 11.5. The molecule has 0 unspecified atom stereocenters. The van der Waals surface area contributed by atoms with Crippen molar-refractivity contribution in [2.24, 2.45) is 0 Å². The zero-order chi connectivity index (χ0) is 22.8. The molecule has 5 rings (SSSR count). The molecule has 0 fully saturated rings. The Kier molecular flexibility index (Phi) is 5.79. The molecule has 164 valence electrons. The molecular formula is C26H20FN3O2S. The van der Waals surface area contributed by atoms with Gasteiger partial charge in [-0.05, 0) is 42.8 Å². The lowest BCUT2D eigenvalue weighted by Crippen LogP contribution is -2.15. The largest absolute Gasteiger partial charge is 0.438 e. The summed E-state index contributed by atoms with van der Waals surface area (Å²) >= 11 is 1.34. The molecule has 0 spiro atoms. The highest BCUT2D eigenvalue weighted by atomic mass is 32.2. The molecule has 33 heavy (non-hydrogen) atoms. The van der Waals surface area contributed by atoms with Crippen LogP contribution < -0.4 is 10.1 Å². The number of benzene rings is 3. The van der Waals surface area contributed by atoms with Crippen molar-refractivity contribution in [1.82, 2.24) is 9.97 Å². The molecule has 1 aliphatic heterocycles. The van der Waals surface area contributed by atoms with E-state index in [1.165, 1.54) is 36.0 Å². The highest BCUT2D eigenvalue weighted by molar-refractivity contribution is 8.00. The smallest absolute Gasteiger partial charge is 0.234 e. The number of ether oxygens (including phenoxy) is 1. The fourth-order valence-electron chi connectivity index (χ4n) is 3.62. The minimum Gasteiger partial charge on any atom is -0.438 e. The van der Waals surface area contributed by atoms with Crippen molar-refractivity contribution < 1.29 is 13.9 Å². The summed E-state index contributed by atoms with van der Waals surface area (Å²) in [6, 6.07) is 21.4. The fraction of sp³-hybridized carbons (Fsp3) is 0.115. The van der Waals surface area contributed by atoms with E-state index in [1.807, 2.05) is 49.4 Å². The summed E-state index contributed by atoms with van der Waals surface area (Å²) in [5.41, 5.74) is 4.50. The Morgan fingerprint density at radius 2 is 1.85 bits per heavy atom. The number of halogens is 1. The van der Waals surface area contributed by atoms with Crippen molar-refractivity contribution in [3.63, 3.8) is 0 Å². The highest BCUT2D eigenvalue weighted by Crippen LogP contribution is 2.40. The van der Waals surface area contributed by atoms with E-state index in [0.29, 0.717) is 28.8 Å². The SMILES string of the molecule is Cc1ccc2c(c1)Cc1c(nc(-c3ccccc3)nc1SCC(=O)Nc1ccc(F)cc1)O2. The van der Waals surface area contributed by atoms with E-state index in [9.17, 15) is 9.18 Å². The summed E-state index contributed by atoms with van der Waals surface area (Å²) in [4.78, 5) is 22.0. The quantitative estimate of drug-likeness (QED) is 0.258. The molecule has 0 saturated carbocycles.